The molecule has 0 atom stereocenters. The first-order valence-electron chi connectivity index (χ1n) is 5.58. The highest BCUT2D eigenvalue weighted by Gasteiger charge is 2.04. The molecule has 5 heteroatoms. The van der Waals surface area contributed by atoms with E-state index in [0.29, 0.717) is 5.95 Å². The third-order valence-corrected chi connectivity index (χ3v) is 2.57. The van der Waals surface area contributed by atoms with Crippen LogP contribution in [0.2, 0.25) is 0 Å². The van der Waals surface area contributed by atoms with Crippen LogP contribution in [0, 0.1) is 0 Å². The summed E-state index contributed by atoms with van der Waals surface area (Å²) in [4.78, 5) is 4.37. The summed E-state index contributed by atoms with van der Waals surface area (Å²) in [7, 11) is 1.63. The number of pyridine rings is 1. The second-order valence-electron chi connectivity index (χ2n) is 3.80. The molecule has 0 radical (unpaired) electrons. The van der Waals surface area contributed by atoms with Crippen LogP contribution in [-0.2, 0) is 0 Å². The minimum absolute atomic E-state index is 0.564. The minimum atomic E-state index is 0.564. The van der Waals surface area contributed by atoms with E-state index in [4.69, 9.17) is 4.74 Å². The van der Waals surface area contributed by atoms with Crippen molar-refractivity contribution >= 4 is 17.3 Å². The Morgan fingerprint density at radius 3 is 2.72 bits per heavy atom. The summed E-state index contributed by atoms with van der Waals surface area (Å²) in [5.41, 5.74) is 1.73. The van der Waals surface area contributed by atoms with Crippen LogP contribution >= 0.6 is 0 Å². The standard InChI is InChI=1S/C13H12N4O/c1-18-11-7-8-12-15-13(16-17(12)9-11)14-10-5-3-2-4-6-10/h2-9H,1H3,(H,14,16). The Morgan fingerprint density at radius 1 is 1.11 bits per heavy atom. The van der Waals surface area contributed by atoms with Crippen LogP contribution in [0.4, 0.5) is 11.6 Å². The summed E-state index contributed by atoms with van der Waals surface area (Å²) in [5, 5.41) is 7.48. The zero-order valence-electron chi connectivity index (χ0n) is 9.87. The maximum Gasteiger partial charge on any atom is 0.247 e. The van der Waals surface area contributed by atoms with Gasteiger partial charge in [0, 0.05) is 5.69 Å². The van der Waals surface area contributed by atoms with Crippen molar-refractivity contribution in [2.24, 2.45) is 0 Å². The summed E-state index contributed by atoms with van der Waals surface area (Å²) in [6.45, 7) is 0. The first-order valence-corrected chi connectivity index (χ1v) is 5.58. The number of nitrogens with zero attached hydrogens (tertiary/aromatic N) is 3. The van der Waals surface area contributed by atoms with Crippen LogP contribution in [0.5, 0.6) is 5.75 Å². The summed E-state index contributed by atoms with van der Waals surface area (Å²) in [6.07, 6.45) is 1.79. The first kappa shape index (κ1) is 10.6. The van der Waals surface area contributed by atoms with Crippen LogP contribution in [0.3, 0.4) is 0 Å². The van der Waals surface area contributed by atoms with Gasteiger partial charge in [0.25, 0.3) is 0 Å². The van der Waals surface area contributed by atoms with Gasteiger partial charge in [-0.25, -0.2) is 4.52 Å². The number of ether oxygens (including phenoxy) is 1. The Balaban J connectivity index is 1.94. The highest BCUT2D eigenvalue weighted by atomic mass is 16.5. The fraction of sp³-hybridized carbons (Fsp3) is 0.0769. The Kier molecular flexibility index (Phi) is 2.57. The Labute approximate surface area is 104 Å². The van der Waals surface area contributed by atoms with Gasteiger partial charge in [0.05, 0.1) is 13.3 Å². The van der Waals surface area contributed by atoms with Crippen molar-refractivity contribution in [2.75, 3.05) is 12.4 Å². The van der Waals surface area contributed by atoms with E-state index in [2.05, 4.69) is 15.4 Å². The van der Waals surface area contributed by atoms with Crippen LogP contribution < -0.4 is 10.1 Å². The maximum absolute atomic E-state index is 5.14. The van der Waals surface area contributed by atoms with E-state index in [1.54, 1.807) is 17.8 Å². The summed E-state index contributed by atoms with van der Waals surface area (Å²) >= 11 is 0. The monoisotopic (exact) mass is 240 g/mol. The van der Waals surface area contributed by atoms with Crippen molar-refractivity contribution in [3.05, 3.63) is 48.7 Å². The molecule has 0 aliphatic heterocycles. The number of nitrogens with one attached hydrogen (secondary N) is 1. The van der Waals surface area contributed by atoms with Crippen molar-refractivity contribution < 1.29 is 4.74 Å². The van der Waals surface area contributed by atoms with E-state index in [0.717, 1.165) is 17.1 Å². The van der Waals surface area contributed by atoms with E-state index in [1.807, 2.05) is 42.5 Å². The number of anilines is 2. The number of methoxy groups -OCH3 is 1. The van der Waals surface area contributed by atoms with Crippen molar-refractivity contribution in [1.82, 2.24) is 14.6 Å². The fourth-order valence-electron chi connectivity index (χ4n) is 1.69. The van der Waals surface area contributed by atoms with E-state index < -0.39 is 0 Å². The zero-order chi connectivity index (χ0) is 12.4. The largest absolute Gasteiger partial charge is 0.495 e. The van der Waals surface area contributed by atoms with E-state index >= 15 is 0 Å². The lowest BCUT2D eigenvalue weighted by molar-refractivity contribution is 0.411. The van der Waals surface area contributed by atoms with Crippen LogP contribution in [0.25, 0.3) is 5.65 Å². The predicted octanol–water partition coefficient (Wildman–Crippen LogP) is 2.48. The number of hydrogen-bond donors (Lipinski definition) is 1. The van der Waals surface area contributed by atoms with Crippen LogP contribution in [0.15, 0.2) is 48.7 Å². The number of fused-ring (bicyclic) bond motifs is 1. The molecule has 5 nitrogen and oxygen atoms in total. The topological polar surface area (TPSA) is 51.5 Å². The molecule has 0 amide bonds. The molecule has 90 valence electrons. The third-order valence-electron chi connectivity index (χ3n) is 2.57. The molecule has 0 unspecified atom stereocenters. The van der Waals surface area contributed by atoms with Crippen molar-refractivity contribution in [3.8, 4) is 5.75 Å². The quantitative estimate of drug-likeness (QED) is 0.764. The normalized spacial score (nSPS) is 10.5. The van der Waals surface area contributed by atoms with Crippen molar-refractivity contribution in [3.63, 3.8) is 0 Å². The van der Waals surface area contributed by atoms with E-state index in [1.165, 1.54) is 0 Å². The molecule has 0 fully saturated rings. The molecule has 0 aliphatic carbocycles. The van der Waals surface area contributed by atoms with Gasteiger partial charge in [0.2, 0.25) is 5.95 Å². The second kappa shape index (κ2) is 4.37. The summed E-state index contributed by atoms with van der Waals surface area (Å²) < 4.78 is 6.83. The molecule has 3 aromatic rings. The zero-order valence-corrected chi connectivity index (χ0v) is 9.87. The van der Waals surface area contributed by atoms with Gasteiger partial charge in [-0.3, -0.25) is 0 Å². The number of hydrogen-bond acceptors (Lipinski definition) is 4. The molecule has 0 bridgehead atoms. The van der Waals surface area contributed by atoms with Crippen molar-refractivity contribution in [2.45, 2.75) is 0 Å². The van der Waals surface area contributed by atoms with Gasteiger partial charge in [0.15, 0.2) is 5.65 Å². The molecular weight excluding hydrogens is 228 g/mol. The lowest BCUT2D eigenvalue weighted by atomic mass is 10.3. The Bertz CT molecular complexity index is 663. The molecule has 2 aromatic heterocycles. The van der Waals surface area contributed by atoms with Gasteiger partial charge in [-0.1, -0.05) is 18.2 Å². The SMILES string of the molecule is COc1ccc2nc(Nc3ccccc3)nn2c1. The predicted molar refractivity (Wildman–Crippen MR) is 69.3 cm³/mol. The van der Waals surface area contributed by atoms with E-state index in [9.17, 15) is 0 Å². The molecule has 0 saturated carbocycles. The third kappa shape index (κ3) is 1.98. The summed E-state index contributed by atoms with van der Waals surface area (Å²) in [6, 6.07) is 13.5. The van der Waals surface area contributed by atoms with Crippen molar-refractivity contribution in [1.29, 1.82) is 0 Å². The molecule has 0 spiro atoms. The number of rotatable bonds is 3. The number of para-hydroxylation sites is 1. The summed E-state index contributed by atoms with van der Waals surface area (Å²) in [5.74, 6) is 1.31. The molecule has 2 heterocycles. The van der Waals surface area contributed by atoms with Gasteiger partial charge in [0.1, 0.15) is 5.75 Å². The molecule has 18 heavy (non-hydrogen) atoms. The number of benzene rings is 1. The molecule has 0 aliphatic rings. The lowest BCUT2D eigenvalue weighted by Gasteiger charge is -1.99. The molecule has 1 N–H and O–H groups in total. The lowest BCUT2D eigenvalue weighted by Crippen LogP contribution is -1.93. The van der Waals surface area contributed by atoms with Gasteiger partial charge < -0.3 is 10.1 Å². The molecule has 1 aromatic carbocycles. The Morgan fingerprint density at radius 2 is 1.94 bits per heavy atom. The molecule has 0 saturated heterocycles. The van der Waals surface area contributed by atoms with Gasteiger partial charge in [-0.15, -0.1) is 5.10 Å². The van der Waals surface area contributed by atoms with Gasteiger partial charge >= 0.3 is 0 Å². The van der Waals surface area contributed by atoms with Crippen LogP contribution in [-0.4, -0.2) is 21.7 Å². The van der Waals surface area contributed by atoms with E-state index in [-0.39, 0.29) is 0 Å². The fourth-order valence-corrected chi connectivity index (χ4v) is 1.69. The first-order chi connectivity index (χ1) is 8.85. The maximum atomic E-state index is 5.14. The highest BCUT2D eigenvalue weighted by Crippen LogP contribution is 2.16. The number of aromatic nitrogens is 3. The average molecular weight is 240 g/mol. The molecular formula is C13H12N4O. The second-order valence-corrected chi connectivity index (χ2v) is 3.80. The minimum Gasteiger partial charge on any atom is -0.495 e. The van der Waals surface area contributed by atoms with Gasteiger partial charge in [-0.05, 0) is 24.3 Å². The smallest absolute Gasteiger partial charge is 0.247 e. The highest BCUT2D eigenvalue weighted by molar-refractivity contribution is 5.55. The average Bonchev–Trinajstić information content (AvgIpc) is 2.80. The Hall–Kier alpha value is -2.56. The van der Waals surface area contributed by atoms with Crippen LogP contribution in [0.1, 0.15) is 0 Å². The van der Waals surface area contributed by atoms with Gasteiger partial charge in [-0.2, -0.15) is 4.98 Å². The molecule has 3 rings (SSSR count).